The van der Waals surface area contributed by atoms with E-state index in [0.717, 1.165) is 37.1 Å². The second-order valence-corrected chi connectivity index (χ2v) is 10.1. The molecule has 0 spiro atoms. The van der Waals surface area contributed by atoms with E-state index in [1.807, 2.05) is 18.2 Å². The summed E-state index contributed by atoms with van der Waals surface area (Å²) in [6.07, 6.45) is 4.43. The molecule has 2 aliphatic heterocycles. The van der Waals surface area contributed by atoms with E-state index in [2.05, 4.69) is 42.6 Å². The lowest BCUT2D eigenvalue weighted by molar-refractivity contribution is -0.115. The number of ether oxygens (including phenoxy) is 1. The average Bonchev–Trinajstić information content (AvgIpc) is 3.48. The number of aromatic nitrogens is 2. The quantitative estimate of drug-likeness (QED) is 0.287. The highest BCUT2D eigenvalue weighted by Crippen LogP contribution is 2.28. The van der Waals surface area contributed by atoms with Crippen LogP contribution in [-0.2, 0) is 4.79 Å². The van der Waals surface area contributed by atoms with E-state index in [-0.39, 0.29) is 24.4 Å². The molecule has 3 heterocycles. The van der Waals surface area contributed by atoms with Crippen LogP contribution in [0.2, 0.25) is 0 Å². The number of para-hydroxylation sites is 1. The van der Waals surface area contributed by atoms with Gasteiger partial charge in [0.15, 0.2) is 5.17 Å². The lowest BCUT2D eigenvalue weighted by Crippen LogP contribution is -2.51. The standard InChI is InChI=1S/C26H30N6O4S/c1-27-26-31-24(34)21(37-26)13-16-8-10-17(11-9-16)32-12-3-2-7-22(32)28-14-18(33)15-36-20-6-4-5-19-23(20)30-25(35)29-19/h4-6,8-11,13,18,22,28,33H,2-3,7,12,14-15H2,1H3,(H,27,31,34)(H2,29,30,35)/t18-,22?/m0/s1. The molecule has 2 atom stereocenters. The summed E-state index contributed by atoms with van der Waals surface area (Å²) < 4.78 is 5.80. The minimum absolute atomic E-state index is 0.0940. The van der Waals surface area contributed by atoms with Gasteiger partial charge in [-0.3, -0.25) is 15.1 Å². The number of carbonyl (C=O) groups excluding carboxylic acids is 1. The van der Waals surface area contributed by atoms with Crippen molar-refractivity contribution in [2.24, 2.45) is 4.99 Å². The van der Waals surface area contributed by atoms with Gasteiger partial charge in [-0.15, -0.1) is 0 Å². The van der Waals surface area contributed by atoms with Gasteiger partial charge >= 0.3 is 5.69 Å². The summed E-state index contributed by atoms with van der Waals surface area (Å²) >= 11 is 1.34. The van der Waals surface area contributed by atoms with Crippen molar-refractivity contribution in [3.63, 3.8) is 0 Å². The Kier molecular flexibility index (Phi) is 7.63. The summed E-state index contributed by atoms with van der Waals surface area (Å²) in [5.74, 6) is 0.395. The molecular formula is C26H30N6O4S. The average molecular weight is 523 g/mol. The highest BCUT2D eigenvalue weighted by atomic mass is 32.2. The van der Waals surface area contributed by atoms with Crippen LogP contribution >= 0.6 is 11.8 Å². The zero-order chi connectivity index (χ0) is 25.8. The van der Waals surface area contributed by atoms with E-state index in [1.54, 1.807) is 25.2 Å². The first-order valence-corrected chi connectivity index (χ1v) is 13.1. The largest absolute Gasteiger partial charge is 0.489 e. The van der Waals surface area contributed by atoms with Crippen LogP contribution in [0.3, 0.4) is 0 Å². The number of piperidine rings is 1. The van der Waals surface area contributed by atoms with E-state index in [1.165, 1.54) is 11.8 Å². The molecule has 11 heteroatoms. The van der Waals surface area contributed by atoms with Gasteiger partial charge in [-0.05, 0) is 66.9 Å². The number of anilines is 1. The summed E-state index contributed by atoms with van der Waals surface area (Å²) in [7, 11) is 1.66. The molecule has 1 amide bonds. The third-order valence-corrected chi connectivity index (χ3v) is 7.41. The Hall–Kier alpha value is -3.54. The minimum Gasteiger partial charge on any atom is -0.489 e. The van der Waals surface area contributed by atoms with Gasteiger partial charge in [-0.2, -0.15) is 0 Å². The molecule has 5 rings (SSSR count). The number of fused-ring (bicyclic) bond motifs is 1. The lowest BCUT2D eigenvalue weighted by atomic mass is 10.1. The number of carbonyl (C=O) groups is 1. The number of H-pyrrole nitrogens is 2. The van der Waals surface area contributed by atoms with E-state index >= 15 is 0 Å². The van der Waals surface area contributed by atoms with Crippen molar-refractivity contribution in [3.05, 3.63) is 63.4 Å². The first-order valence-electron chi connectivity index (χ1n) is 12.3. The third kappa shape index (κ3) is 5.90. The Morgan fingerprint density at radius 2 is 2.05 bits per heavy atom. The van der Waals surface area contributed by atoms with Crippen LogP contribution in [0.15, 0.2) is 57.2 Å². The maximum Gasteiger partial charge on any atom is 0.323 e. The van der Waals surface area contributed by atoms with E-state index in [0.29, 0.717) is 33.4 Å². The molecule has 1 unspecified atom stereocenters. The number of imidazole rings is 1. The van der Waals surface area contributed by atoms with Crippen molar-refractivity contribution < 1.29 is 14.6 Å². The van der Waals surface area contributed by atoms with Gasteiger partial charge in [0.05, 0.1) is 16.6 Å². The molecule has 5 N–H and O–H groups in total. The van der Waals surface area contributed by atoms with Gasteiger partial charge in [0.25, 0.3) is 5.91 Å². The molecule has 2 aromatic carbocycles. The third-order valence-electron chi connectivity index (χ3n) is 6.41. The lowest BCUT2D eigenvalue weighted by Gasteiger charge is -2.38. The number of hydrogen-bond donors (Lipinski definition) is 5. The molecule has 2 aliphatic rings. The molecule has 194 valence electrons. The predicted molar refractivity (Wildman–Crippen MR) is 147 cm³/mol. The van der Waals surface area contributed by atoms with Crippen molar-refractivity contribution in [2.75, 3.05) is 31.6 Å². The SMILES string of the molecule is CN=C1NC(=O)C(=Cc2ccc(N3CCCCC3NC[C@H](O)COc3cccc4[nH]c(=O)[nH]c34)cc2)S1. The zero-order valence-corrected chi connectivity index (χ0v) is 21.3. The number of nitrogens with zero attached hydrogens (tertiary/aromatic N) is 2. The minimum atomic E-state index is -0.717. The number of aromatic amines is 2. The molecule has 37 heavy (non-hydrogen) atoms. The van der Waals surface area contributed by atoms with Crippen molar-refractivity contribution >= 4 is 45.6 Å². The van der Waals surface area contributed by atoms with Crippen molar-refractivity contribution in [1.29, 1.82) is 0 Å². The highest BCUT2D eigenvalue weighted by molar-refractivity contribution is 8.18. The summed E-state index contributed by atoms with van der Waals surface area (Å²) in [6.45, 7) is 1.40. The number of aliphatic imine (C=N–C) groups is 1. The number of aliphatic hydroxyl groups excluding tert-OH is 1. The smallest absolute Gasteiger partial charge is 0.323 e. The van der Waals surface area contributed by atoms with E-state index in [4.69, 9.17) is 4.74 Å². The molecule has 2 saturated heterocycles. The van der Waals surface area contributed by atoms with Crippen molar-refractivity contribution in [2.45, 2.75) is 31.5 Å². The molecule has 0 radical (unpaired) electrons. The Morgan fingerprint density at radius 3 is 2.84 bits per heavy atom. The van der Waals surface area contributed by atoms with Crippen LogP contribution in [0.1, 0.15) is 24.8 Å². The number of hydrogen-bond acceptors (Lipinski definition) is 8. The number of amides is 1. The summed E-state index contributed by atoms with van der Waals surface area (Å²) in [5.41, 5.74) is 3.01. The fourth-order valence-electron chi connectivity index (χ4n) is 4.57. The molecule has 0 saturated carbocycles. The Balaban J connectivity index is 1.18. The van der Waals surface area contributed by atoms with Crippen LogP contribution in [-0.4, -0.2) is 65.2 Å². The molecule has 3 aromatic rings. The molecule has 2 fully saturated rings. The first kappa shape index (κ1) is 25.1. The van der Waals surface area contributed by atoms with Crippen molar-refractivity contribution in [3.8, 4) is 5.75 Å². The van der Waals surface area contributed by atoms with Gasteiger partial charge in [0, 0.05) is 25.8 Å². The van der Waals surface area contributed by atoms with Crippen LogP contribution in [0.25, 0.3) is 17.1 Å². The second kappa shape index (κ2) is 11.2. The molecule has 0 aliphatic carbocycles. The van der Waals surface area contributed by atoms with Crippen LogP contribution in [0.4, 0.5) is 5.69 Å². The second-order valence-electron chi connectivity index (χ2n) is 9.02. The highest BCUT2D eigenvalue weighted by Gasteiger charge is 2.24. The maximum atomic E-state index is 12.1. The van der Waals surface area contributed by atoms with E-state index in [9.17, 15) is 14.7 Å². The number of aliphatic hydroxyl groups is 1. The van der Waals surface area contributed by atoms with Crippen LogP contribution in [0.5, 0.6) is 5.75 Å². The van der Waals surface area contributed by atoms with Gasteiger partial charge < -0.3 is 30.0 Å². The topological polar surface area (TPSA) is 135 Å². The first-order chi connectivity index (χ1) is 18.0. The monoisotopic (exact) mass is 522 g/mol. The fourth-order valence-corrected chi connectivity index (χ4v) is 5.35. The molecule has 0 bridgehead atoms. The predicted octanol–water partition coefficient (Wildman–Crippen LogP) is 2.39. The number of nitrogens with one attached hydrogen (secondary N) is 4. The number of amidine groups is 1. The summed E-state index contributed by atoms with van der Waals surface area (Å²) in [4.78, 5) is 36.1. The Bertz CT molecular complexity index is 1380. The fraction of sp³-hybridized carbons (Fsp3) is 0.346. The Labute approximate surface area is 218 Å². The van der Waals surface area contributed by atoms with Gasteiger partial charge in [-0.25, -0.2) is 4.79 Å². The molecule has 10 nitrogen and oxygen atoms in total. The van der Waals surface area contributed by atoms with Crippen LogP contribution < -0.4 is 26.0 Å². The maximum absolute atomic E-state index is 12.1. The van der Waals surface area contributed by atoms with E-state index < -0.39 is 6.10 Å². The Morgan fingerprint density at radius 1 is 1.22 bits per heavy atom. The van der Waals surface area contributed by atoms with Gasteiger partial charge in [0.2, 0.25) is 0 Å². The number of rotatable bonds is 8. The summed E-state index contributed by atoms with van der Waals surface area (Å²) in [5, 5.41) is 17.4. The van der Waals surface area contributed by atoms with Crippen molar-refractivity contribution in [1.82, 2.24) is 20.6 Å². The van der Waals surface area contributed by atoms with Gasteiger partial charge in [-0.1, -0.05) is 18.2 Å². The molecule has 1 aromatic heterocycles. The van der Waals surface area contributed by atoms with Crippen LogP contribution in [0, 0.1) is 0 Å². The number of benzene rings is 2. The normalized spacial score (nSPS) is 21.1. The summed E-state index contributed by atoms with van der Waals surface area (Å²) in [6, 6.07) is 13.5. The zero-order valence-electron chi connectivity index (χ0n) is 20.5. The van der Waals surface area contributed by atoms with Gasteiger partial charge in [0.1, 0.15) is 24.0 Å². The number of thioether (sulfide) groups is 1. The molecular weight excluding hydrogens is 492 g/mol.